The zero-order chi connectivity index (χ0) is 15.5. The zero-order valence-electron chi connectivity index (χ0n) is 11.1. The lowest BCUT2D eigenvalue weighted by molar-refractivity contribution is 0.0991. The van der Waals surface area contributed by atoms with E-state index in [1.165, 1.54) is 18.2 Å². The number of halogens is 2. The molecule has 22 heavy (non-hydrogen) atoms. The first-order valence-corrected chi connectivity index (χ1v) is 6.66. The summed E-state index contributed by atoms with van der Waals surface area (Å²) in [6, 6.07) is 12.3. The number of hydrogen-bond donors (Lipinski definition) is 1. The zero-order valence-corrected chi connectivity index (χ0v) is 11.8. The first-order chi connectivity index (χ1) is 10.6. The first kappa shape index (κ1) is 14.2. The third-order valence-corrected chi connectivity index (χ3v) is 3.01. The Bertz CT molecular complexity index is 835. The van der Waals surface area contributed by atoms with Crippen LogP contribution in [0.25, 0.3) is 11.5 Å². The van der Waals surface area contributed by atoms with E-state index in [0.29, 0.717) is 16.3 Å². The van der Waals surface area contributed by atoms with Crippen LogP contribution in [0.15, 0.2) is 52.9 Å². The van der Waals surface area contributed by atoms with Crippen LogP contribution in [-0.2, 0) is 0 Å². The lowest BCUT2D eigenvalue weighted by atomic mass is 10.2. The van der Waals surface area contributed by atoms with Crippen molar-refractivity contribution in [1.29, 1.82) is 0 Å². The maximum absolute atomic E-state index is 13.1. The van der Waals surface area contributed by atoms with Gasteiger partial charge in [-0.3, -0.25) is 4.79 Å². The van der Waals surface area contributed by atoms with E-state index >= 15 is 0 Å². The van der Waals surface area contributed by atoms with Crippen molar-refractivity contribution in [3.05, 3.63) is 65.3 Å². The number of nitrogens with zero attached hydrogens (tertiary/aromatic N) is 2. The smallest absolute Gasteiger partial charge is 0.313 e. The quantitative estimate of drug-likeness (QED) is 0.798. The van der Waals surface area contributed by atoms with E-state index in [1.54, 1.807) is 30.3 Å². The number of carbonyl (C=O) groups is 1. The molecule has 0 aliphatic heterocycles. The van der Waals surface area contributed by atoms with Crippen molar-refractivity contribution in [2.75, 3.05) is 5.32 Å². The van der Waals surface area contributed by atoms with Crippen LogP contribution in [0.1, 0.15) is 10.7 Å². The standard InChI is InChI=1S/C15H9ClFN3O2/c16-10-4-1-3-9(7-10)14-19-20-15(22-14)13(21)18-12-6-2-5-11(17)8-12/h1-8H,(H,18,21). The molecule has 0 saturated heterocycles. The first-order valence-electron chi connectivity index (χ1n) is 6.28. The summed E-state index contributed by atoms with van der Waals surface area (Å²) in [4.78, 5) is 12.0. The highest BCUT2D eigenvalue weighted by molar-refractivity contribution is 6.30. The van der Waals surface area contributed by atoms with Gasteiger partial charge in [-0.15, -0.1) is 10.2 Å². The number of amides is 1. The predicted molar refractivity (Wildman–Crippen MR) is 79.1 cm³/mol. The summed E-state index contributed by atoms with van der Waals surface area (Å²) < 4.78 is 18.4. The van der Waals surface area contributed by atoms with Crippen LogP contribution in [-0.4, -0.2) is 16.1 Å². The Labute approximate surface area is 129 Å². The van der Waals surface area contributed by atoms with E-state index in [9.17, 15) is 9.18 Å². The third kappa shape index (κ3) is 3.12. The third-order valence-electron chi connectivity index (χ3n) is 2.77. The Morgan fingerprint density at radius 1 is 1.14 bits per heavy atom. The topological polar surface area (TPSA) is 68.0 Å². The number of nitrogens with one attached hydrogen (secondary N) is 1. The van der Waals surface area contributed by atoms with E-state index in [0.717, 1.165) is 0 Å². The molecule has 1 amide bonds. The fraction of sp³-hybridized carbons (Fsp3) is 0. The predicted octanol–water partition coefficient (Wildman–Crippen LogP) is 3.78. The maximum atomic E-state index is 13.1. The highest BCUT2D eigenvalue weighted by Gasteiger charge is 2.16. The normalized spacial score (nSPS) is 10.5. The number of anilines is 1. The molecule has 0 aliphatic carbocycles. The van der Waals surface area contributed by atoms with Crippen molar-refractivity contribution in [1.82, 2.24) is 10.2 Å². The Morgan fingerprint density at radius 3 is 2.73 bits per heavy atom. The Kier molecular flexibility index (Phi) is 3.84. The molecule has 0 atom stereocenters. The van der Waals surface area contributed by atoms with Crippen LogP contribution in [0.3, 0.4) is 0 Å². The molecule has 3 aromatic rings. The summed E-state index contributed by atoms with van der Waals surface area (Å²) in [5.74, 6) is -1.12. The van der Waals surface area contributed by atoms with Gasteiger partial charge < -0.3 is 9.73 Å². The van der Waals surface area contributed by atoms with Crippen LogP contribution in [0.2, 0.25) is 5.02 Å². The molecule has 0 aliphatic rings. The van der Waals surface area contributed by atoms with Crippen molar-refractivity contribution >= 4 is 23.2 Å². The second-order valence-electron chi connectivity index (χ2n) is 4.39. The van der Waals surface area contributed by atoms with E-state index in [2.05, 4.69) is 15.5 Å². The summed E-state index contributed by atoms with van der Waals surface area (Å²) in [6.45, 7) is 0. The fourth-order valence-electron chi connectivity index (χ4n) is 1.80. The van der Waals surface area contributed by atoms with Gasteiger partial charge in [0.25, 0.3) is 0 Å². The molecular weight excluding hydrogens is 309 g/mol. The van der Waals surface area contributed by atoms with E-state index in [-0.39, 0.29) is 11.8 Å². The minimum Gasteiger partial charge on any atom is -0.412 e. The second kappa shape index (κ2) is 5.95. The Morgan fingerprint density at radius 2 is 1.95 bits per heavy atom. The average molecular weight is 318 g/mol. The molecule has 3 rings (SSSR count). The summed E-state index contributed by atoms with van der Waals surface area (Å²) in [7, 11) is 0. The SMILES string of the molecule is O=C(Nc1cccc(F)c1)c1nnc(-c2cccc(Cl)c2)o1. The largest absolute Gasteiger partial charge is 0.412 e. The molecule has 5 nitrogen and oxygen atoms in total. The highest BCUT2D eigenvalue weighted by atomic mass is 35.5. The van der Waals surface area contributed by atoms with Gasteiger partial charge in [0.05, 0.1) is 0 Å². The molecule has 0 spiro atoms. The summed E-state index contributed by atoms with van der Waals surface area (Å²) in [6.07, 6.45) is 0. The number of benzene rings is 2. The van der Waals surface area contributed by atoms with Gasteiger partial charge in [0.2, 0.25) is 5.89 Å². The van der Waals surface area contributed by atoms with Gasteiger partial charge in [-0.05, 0) is 36.4 Å². The fourth-order valence-corrected chi connectivity index (χ4v) is 1.99. The van der Waals surface area contributed by atoms with Crippen LogP contribution >= 0.6 is 11.6 Å². The lowest BCUT2D eigenvalue weighted by Gasteiger charge is -2.01. The molecule has 110 valence electrons. The Hall–Kier alpha value is -2.73. The molecule has 0 fully saturated rings. The van der Waals surface area contributed by atoms with Crippen molar-refractivity contribution in [2.45, 2.75) is 0 Å². The van der Waals surface area contributed by atoms with Crippen LogP contribution in [0.4, 0.5) is 10.1 Å². The van der Waals surface area contributed by atoms with Crippen LogP contribution < -0.4 is 5.32 Å². The number of carbonyl (C=O) groups excluding carboxylic acids is 1. The van der Waals surface area contributed by atoms with Gasteiger partial charge in [0.1, 0.15) is 5.82 Å². The molecule has 1 aromatic heterocycles. The van der Waals surface area contributed by atoms with Crippen LogP contribution in [0.5, 0.6) is 0 Å². The van der Waals surface area contributed by atoms with Gasteiger partial charge >= 0.3 is 11.8 Å². The molecule has 1 N–H and O–H groups in total. The van der Waals surface area contributed by atoms with Gasteiger partial charge in [0, 0.05) is 16.3 Å². The van der Waals surface area contributed by atoms with Gasteiger partial charge in [-0.25, -0.2) is 4.39 Å². The summed E-state index contributed by atoms with van der Waals surface area (Å²) >= 11 is 5.88. The van der Waals surface area contributed by atoms with Crippen molar-refractivity contribution in [3.63, 3.8) is 0 Å². The molecule has 2 aromatic carbocycles. The molecule has 0 bridgehead atoms. The van der Waals surface area contributed by atoms with Crippen LogP contribution in [0, 0.1) is 5.82 Å². The van der Waals surface area contributed by atoms with Crippen molar-refractivity contribution < 1.29 is 13.6 Å². The van der Waals surface area contributed by atoms with E-state index < -0.39 is 11.7 Å². The summed E-state index contributed by atoms with van der Waals surface area (Å²) in [5.41, 5.74) is 0.900. The Balaban J connectivity index is 1.80. The number of rotatable bonds is 3. The monoisotopic (exact) mass is 317 g/mol. The molecule has 1 heterocycles. The minimum atomic E-state index is -0.619. The molecular formula is C15H9ClFN3O2. The number of hydrogen-bond acceptors (Lipinski definition) is 4. The highest BCUT2D eigenvalue weighted by Crippen LogP contribution is 2.21. The minimum absolute atomic E-state index is 0.173. The van der Waals surface area contributed by atoms with E-state index in [4.69, 9.17) is 16.0 Å². The van der Waals surface area contributed by atoms with Crippen molar-refractivity contribution in [3.8, 4) is 11.5 Å². The van der Waals surface area contributed by atoms with Gasteiger partial charge in [-0.1, -0.05) is 23.7 Å². The van der Waals surface area contributed by atoms with Gasteiger partial charge in [0.15, 0.2) is 0 Å². The molecule has 0 unspecified atom stereocenters. The molecule has 0 saturated carbocycles. The average Bonchev–Trinajstić information content (AvgIpc) is 2.97. The van der Waals surface area contributed by atoms with Gasteiger partial charge in [-0.2, -0.15) is 0 Å². The lowest BCUT2D eigenvalue weighted by Crippen LogP contribution is -2.12. The number of aromatic nitrogens is 2. The molecule has 7 heteroatoms. The second-order valence-corrected chi connectivity index (χ2v) is 4.82. The maximum Gasteiger partial charge on any atom is 0.313 e. The summed E-state index contributed by atoms with van der Waals surface area (Å²) in [5, 5.41) is 10.5. The van der Waals surface area contributed by atoms with E-state index in [1.807, 2.05) is 0 Å². The molecule has 0 radical (unpaired) electrons. The van der Waals surface area contributed by atoms with Crippen molar-refractivity contribution in [2.24, 2.45) is 0 Å².